The first-order valence-electron chi connectivity index (χ1n) is 7.06. The van der Waals surface area contributed by atoms with Gasteiger partial charge in [0.05, 0.1) is 18.0 Å². The van der Waals surface area contributed by atoms with Crippen LogP contribution in [0.15, 0.2) is 12.1 Å². The number of halogens is 2. The van der Waals surface area contributed by atoms with Gasteiger partial charge in [0.1, 0.15) is 11.8 Å². The average molecular weight is 343 g/mol. The molecular weight excluding hydrogens is 328 g/mol. The van der Waals surface area contributed by atoms with Gasteiger partial charge in [0.2, 0.25) is 5.91 Å². The molecule has 0 aromatic heterocycles. The van der Waals surface area contributed by atoms with Crippen molar-refractivity contribution in [3.05, 3.63) is 23.8 Å². The third-order valence-electron chi connectivity index (χ3n) is 3.71. The first-order valence-corrected chi connectivity index (χ1v) is 8.22. The summed E-state index contributed by atoms with van der Waals surface area (Å²) in [6, 6.07) is 2.07. The lowest BCUT2D eigenvalue weighted by Gasteiger charge is -2.27. The van der Waals surface area contributed by atoms with E-state index in [1.54, 1.807) is 0 Å². The van der Waals surface area contributed by atoms with Gasteiger partial charge in [0, 0.05) is 31.0 Å². The number of benzene rings is 1. The van der Waals surface area contributed by atoms with Crippen LogP contribution in [0.1, 0.15) is 0 Å². The number of cyclic esters (lactones) is 1. The van der Waals surface area contributed by atoms with E-state index in [-0.39, 0.29) is 42.7 Å². The second-order valence-corrected chi connectivity index (χ2v) is 6.31. The molecule has 124 valence electrons. The van der Waals surface area contributed by atoms with E-state index in [1.807, 2.05) is 0 Å². The fourth-order valence-corrected chi connectivity index (χ4v) is 3.36. The zero-order chi connectivity index (χ0) is 16.6. The molecule has 1 aromatic carbocycles. The monoisotopic (exact) mass is 343 g/mol. The van der Waals surface area contributed by atoms with Crippen molar-refractivity contribution in [2.24, 2.45) is 5.73 Å². The van der Waals surface area contributed by atoms with Crippen molar-refractivity contribution in [3.8, 4) is 0 Å². The molecule has 0 aliphatic carbocycles. The van der Waals surface area contributed by atoms with Crippen LogP contribution in [0.5, 0.6) is 0 Å². The van der Waals surface area contributed by atoms with Gasteiger partial charge >= 0.3 is 6.09 Å². The maximum absolute atomic E-state index is 14.4. The molecule has 23 heavy (non-hydrogen) atoms. The molecule has 0 bridgehead atoms. The van der Waals surface area contributed by atoms with Crippen LogP contribution in [-0.2, 0) is 9.53 Å². The van der Waals surface area contributed by atoms with Gasteiger partial charge in [-0.3, -0.25) is 9.69 Å². The molecule has 2 amide bonds. The fourth-order valence-electron chi connectivity index (χ4n) is 2.58. The molecule has 2 heterocycles. The quantitative estimate of drug-likeness (QED) is 0.896. The standard InChI is InChI=1S/C14H15F2N3O3S/c15-10-3-8(19-6-9(5-17)22-14(19)21)4-11(16)13(10)18-1-2-23-7-12(18)20/h3-4,9H,1-2,5-7,17H2/t9-/m0/s1. The summed E-state index contributed by atoms with van der Waals surface area (Å²) >= 11 is 1.42. The van der Waals surface area contributed by atoms with Crippen LogP contribution in [0.4, 0.5) is 25.0 Å². The topological polar surface area (TPSA) is 75.9 Å². The summed E-state index contributed by atoms with van der Waals surface area (Å²) in [6.45, 7) is 0.510. The zero-order valence-corrected chi connectivity index (χ0v) is 12.9. The first-order chi connectivity index (χ1) is 11.0. The van der Waals surface area contributed by atoms with Gasteiger partial charge in [-0.25, -0.2) is 13.6 Å². The first kappa shape index (κ1) is 16.0. The van der Waals surface area contributed by atoms with Crippen LogP contribution >= 0.6 is 11.8 Å². The van der Waals surface area contributed by atoms with Gasteiger partial charge in [-0.2, -0.15) is 11.8 Å². The molecule has 2 aliphatic heterocycles. The Hall–Kier alpha value is -1.87. The number of nitrogens with two attached hydrogens (primary N) is 1. The van der Waals surface area contributed by atoms with E-state index in [0.717, 1.165) is 21.9 Å². The Labute approximate surface area is 135 Å². The number of carbonyl (C=O) groups excluding carboxylic acids is 2. The van der Waals surface area contributed by atoms with E-state index >= 15 is 0 Å². The van der Waals surface area contributed by atoms with Crippen molar-refractivity contribution in [2.45, 2.75) is 6.10 Å². The van der Waals surface area contributed by atoms with Crippen LogP contribution in [-0.4, -0.2) is 49.2 Å². The maximum Gasteiger partial charge on any atom is 0.414 e. The lowest BCUT2D eigenvalue weighted by molar-refractivity contribution is -0.116. The number of thioether (sulfide) groups is 1. The van der Waals surface area contributed by atoms with Crippen molar-refractivity contribution < 1.29 is 23.1 Å². The van der Waals surface area contributed by atoms with E-state index in [2.05, 4.69) is 0 Å². The van der Waals surface area contributed by atoms with Crippen molar-refractivity contribution >= 4 is 35.1 Å². The normalized spacial score (nSPS) is 21.8. The van der Waals surface area contributed by atoms with Gasteiger partial charge in [0.15, 0.2) is 11.6 Å². The third kappa shape index (κ3) is 2.98. The molecular formula is C14H15F2N3O3S. The Morgan fingerprint density at radius 2 is 1.96 bits per heavy atom. The minimum absolute atomic E-state index is 0.0449. The van der Waals surface area contributed by atoms with Crippen LogP contribution in [0.2, 0.25) is 0 Å². The highest BCUT2D eigenvalue weighted by Gasteiger charge is 2.33. The lowest BCUT2D eigenvalue weighted by atomic mass is 10.2. The molecule has 2 N–H and O–H groups in total. The Kier molecular flexibility index (Phi) is 4.40. The summed E-state index contributed by atoms with van der Waals surface area (Å²) in [5.41, 5.74) is 5.11. The maximum atomic E-state index is 14.4. The highest BCUT2D eigenvalue weighted by atomic mass is 32.2. The summed E-state index contributed by atoms with van der Waals surface area (Å²) in [4.78, 5) is 25.8. The van der Waals surface area contributed by atoms with Crippen molar-refractivity contribution in [3.63, 3.8) is 0 Å². The molecule has 6 nitrogen and oxygen atoms in total. The molecule has 2 aliphatic rings. The number of ether oxygens (including phenoxy) is 1. The largest absolute Gasteiger partial charge is 0.443 e. The number of rotatable bonds is 3. The lowest BCUT2D eigenvalue weighted by Crippen LogP contribution is -2.39. The molecule has 0 radical (unpaired) electrons. The van der Waals surface area contributed by atoms with E-state index in [9.17, 15) is 18.4 Å². The minimum atomic E-state index is -0.885. The number of amides is 2. The van der Waals surface area contributed by atoms with E-state index < -0.39 is 23.8 Å². The number of carbonyl (C=O) groups is 2. The number of hydrogen-bond donors (Lipinski definition) is 1. The molecule has 2 saturated heterocycles. The molecule has 2 fully saturated rings. The summed E-state index contributed by atoms with van der Waals surface area (Å²) in [5.74, 6) is -1.30. The summed E-state index contributed by atoms with van der Waals surface area (Å²) < 4.78 is 33.7. The zero-order valence-electron chi connectivity index (χ0n) is 12.1. The molecule has 1 atom stereocenters. The summed E-state index contributed by atoms with van der Waals surface area (Å²) in [7, 11) is 0. The molecule has 9 heteroatoms. The molecule has 1 aromatic rings. The van der Waals surface area contributed by atoms with Gasteiger partial charge in [0.25, 0.3) is 0 Å². The second-order valence-electron chi connectivity index (χ2n) is 5.21. The van der Waals surface area contributed by atoms with E-state index in [1.165, 1.54) is 11.8 Å². The second kappa shape index (κ2) is 6.32. The Morgan fingerprint density at radius 1 is 1.26 bits per heavy atom. The van der Waals surface area contributed by atoms with E-state index in [4.69, 9.17) is 10.5 Å². The van der Waals surface area contributed by atoms with Crippen LogP contribution < -0.4 is 15.5 Å². The van der Waals surface area contributed by atoms with Crippen LogP contribution in [0.3, 0.4) is 0 Å². The molecule has 0 spiro atoms. The van der Waals surface area contributed by atoms with Gasteiger partial charge in [-0.05, 0) is 0 Å². The SMILES string of the molecule is NC[C@H]1CN(c2cc(F)c(N3CCSCC3=O)c(F)c2)C(=O)O1. The van der Waals surface area contributed by atoms with Crippen LogP contribution in [0, 0.1) is 11.6 Å². The number of nitrogens with zero attached hydrogens (tertiary/aromatic N) is 2. The average Bonchev–Trinajstić information content (AvgIpc) is 2.89. The number of anilines is 2. The smallest absolute Gasteiger partial charge is 0.414 e. The molecule has 0 saturated carbocycles. The summed E-state index contributed by atoms with van der Waals surface area (Å²) in [6.07, 6.45) is -1.20. The van der Waals surface area contributed by atoms with Crippen molar-refractivity contribution in [1.29, 1.82) is 0 Å². The van der Waals surface area contributed by atoms with Crippen LogP contribution in [0.25, 0.3) is 0 Å². The fraction of sp³-hybridized carbons (Fsp3) is 0.429. The van der Waals surface area contributed by atoms with Gasteiger partial charge in [-0.15, -0.1) is 0 Å². The minimum Gasteiger partial charge on any atom is -0.443 e. The Bertz CT molecular complexity index is 635. The third-order valence-corrected chi connectivity index (χ3v) is 4.63. The Balaban J connectivity index is 1.91. The number of hydrogen-bond acceptors (Lipinski definition) is 5. The van der Waals surface area contributed by atoms with Crippen molar-refractivity contribution in [1.82, 2.24) is 0 Å². The molecule has 3 rings (SSSR count). The van der Waals surface area contributed by atoms with Gasteiger partial charge in [-0.1, -0.05) is 0 Å². The summed E-state index contributed by atoms with van der Waals surface area (Å²) in [5, 5.41) is 0. The predicted molar refractivity (Wildman–Crippen MR) is 82.7 cm³/mol. The highest BCUT2D eigenvalue weighted by Crippen LogP contribution is 2.32. The predicted octanol–water partition coefficient (Wildman–Crippen LogP) is 1.33. The van der Waals surface area contributed by atoms with E-state index in [0.29, 0.717) is 5.75 Å². The van der Waals surface area contributed by atoms with Crippen molar-refractivity contribution in [2.75, 3.05) is 40.9 Å². The molecule has 0 unspecified atom stereocenters. The Morgan fingerprint density at radius 3 is 2.52 bits per heavy atom. The van der Waals surface area contributed by atoms with Gasteiger partial charge < -0.3 is 15.4 Å². The highest BCUT2D eigenvalue weighted by molar-refractivity contribution is 8.00.